The van der Waals surface area contributed by atoms with Gasteiger partial charge in [-0.2, -0.15) is 0 Å². The Hall–Kier alpha value is -0.770. The molecular formula is C10H20N2O2. The zero-order valence-corrected chi connectivity index (χ0v) is 9.03. The number of ether oxygens (including phenoxy) is 1. The van der Waals surface area contributed by atoms with E-state index in [0.29, 0.717) is 12.6 Å². The van der Waals surface area contributed by atoms with Gasteiger partial charge in [0.1, 0.15) is 6.61 Å². The van der Waals surface area contributed by atoms with Crippen molar-refractivity contribution >= 4 is 6.09 Å². The van der Waals surface area contributed by atoms with E-state index in [2.05, 4.69) is 18.7 Å². The lowest BCUT2D eigenvalue weighted by atomic mass is 9.93. The van der Waals surface area contributed by atoms with E-state index in [1.165, 1.54) is 6.42 Å². The van der Waals surface area contributed by atoms with E-state index in [-0.39, 0.29) is 0 Å². The number of nitrogens with zero attached hydrogens (tertiary/aromatic N) is 1. The average Bonchev–Trinajstić information content (AvgIpc) is 2.15. The quantitative estimate of drug-likeness (QED) is 0.744. The Balaban J connectivity index is 2.40. The number of amides is 1. The summed E-state index contributed by atoms with van der Waals surface area (Å²) in [6.45, 7) is 6.93. The molecule has 0 spiro atoms. The Kier molecular flexibility index (Phi) is 4.20. The molecule has 1 rings (SSSR count). The van der Waals surface area contributed by atoms with Gasteiger partial charge in [-0.15, -0.1) is 0 Å². The number of hydrogen-bond donors (Lipinski definition) is 1. The van der Waals surface area contributed by atoms with Crippen molar-refractivity contribution in [3.63, 3.8) is 0 Å². The van der Waals surface area contributed by atoms with Gasteiger partial charge >= 0.3 is 6.09 Å². The second kappa shape index (κ2) is 5.20. The van der Waals surface area contributed by atoms with Crippen LogP contribution < -0.4 is 5.73 Å². The molecule has 2 atom stereocenters. The largest absolute Gasteiger partial charge is 0.448 e. The molecule has 1 aliphatic rings. The van der Waals surface area contributed by atoms with Gasteiger partial charge in [-0.25, -0.2) is 4.79 Å². The van der Waals surface area contributed by atoms with Crippen molar-refractivity contribution in [2.75, 3.05) is 19.7 Å². The molecule has 0 aromatic heterocycles. The number of carbonyl (C=O) groups excluding carboxylic acids is 1. The first-order valence-corrected chi connectivity index (χ1v) is 5.29. The molecule has 1 saturated heterocycles. The third-order valence-corrected chi connectivity index (χ3v) is 2.92. The van der Waals surface area contributed by atoms with Crippen molar-refractivity contribution in [1.82, 2.24) is 4.90 Å². The molecule has 1 heterocycles. The second-order valence-electron chi connectivity index (χ2n) is 4.04. The van der Waals surface area contributed by atoms with Crippen LogP contribution in [0.25, 0.3) is 0 Å². The average molecular weight is 200 g/mol. The predicted octanol–water partition coefficient (Wildman–Crippen LogP) is 1.20. The van der Waals surface area contributed by atoms with Gasteiger partial charge in [0.2, 0.25) is 0 Å². The van der Waals surface area contributed by atoms with Crippen molar-refractivity contribution in [2.45, 2.75) is 32.7 Å². The topological polar surface area (TPSA) is 55.6 Å². The van der Waals surface area contributed by atoms with E-state index in [0.717, 1.165) is 25.4 Å². The van der Waals surface area contributed by atoms with Crippen molar-refractivity contribution in [2.24, 2.45) is 11.7 Å². The highest BCUT2D eigenvalue weighted by molar-refractivity contribution is 5.64. The van der Waals surface area contributed by atoms with Crippen LogP contribution in [-0.4, -0.2) is 36.7 Å². The fraction of sp³-hybridized carbons (Fsp3) is 0.900. The summed E-state index contributed by atoms with van der Waals surface area (Å²) in [7, 11) is 0. The highest BCUT2D eigenvalue weighted by atomic mass is 16.5. The first-order valence-electron chi connectivity index (χ1n) is 5.29. The summed E-state index contributed by atoms with van der Waals surface area (Å²) in [6.07, 6.45) is 1.67. The van der Waals surface area contributed by atoms with Gasteiger partial charge < -0.3 is 10.5 Å². The molecule has 4 nitrogen and oxygen atoms in total. The third-order valence-electron chi connectivity index (χ3n) is 2.92. The summed E-state index contributed by atoms with van der Waals surface area (Å²) in [5, 5.41) is 0. The zero-order valence-electron chi connectivity index (χ0n) is 9.03. The van der Waals surface area contributed by atoms with E-state index < -0.39 is 6.09 Å². The number of nitrogens with two attached hydrogens (primary N) is 1. The van der Waals surface area contributed by atoms with Gasteiger partial charge in [0.25, 0.3) is 0 Å². The van der Waals surface area contributed by atoms with Crippen LogP contribution in [0.2, 0.25) is 0 Å². The molecule has 0 aromatic carbocycles. The van der Waals surface area contributed by atoms with Gasteiger partial charge in [0, 0.05) is 6.04 Å². The molecule has 0 aromatic rings. The summed E-state index contributed by atoms with van der Waals surface area (Å²) in [4.78, 5) is 12.9. The standard InChI is InChI=1S/C10H20N2O2/c1-3-12-5-4-8(2)6-9(12)7-14-10(11)13/h8-9H,3-7H2,1-2H3,(H2,11,13). The van der Waals surface area contributed by atoms with Crippen LogP contribution >= 0.6 is 0 Å². The van der Waals surface area contributed by atoms with Gasteiger partial charge in [0.05, 0.1) is 0 Å². The smallest absolute Gasteiger partial charge is 0.404 e. The van der Waals surface area contributed by atoms with E-state index in [1.54, 1.807) is 0 Å². The maximum atomic E-state index is 10.5. The molecule has 2 unspecified atom stereocenters. The summed E-state index contributed by atoms with van der Waals surface area (Å²) in [6, 6.07) is 0.358. The van der Waals surface area contributed by atoms with Gasteiger partial charge in [0.15, 0.2) is 0 Å². The van der Waals surface area contributed by atoms with Crippen LogP contribution in [0.4, 0.5) is 4.79 Å². The van der Waals surface area contributed by atoms with E-state index in [9.17, 15) is 4.79 Å². The molecule has 0 saturated carbocycles. The highest BCUT2D eigenvalue weighted by Crippen LogP contribution is 2.22. The number of primary amides is 1. The Bertz CT molecular complexity index is 197. The Morgan fingerprint density at radius 3 is 2.93 bits per heavy atom. The van der Waals surface area contributed by atoms with Crippen LogP contribution in [-0.2, 0) is 4.74 Å². The molecule has 4 heteroatoms. The molecule has 0 bridgehead atoms. The number of hydrogen-bond acceptors (Lipinski definition) is 3. The van der Waals surface area contributed by atoms with Gasteiger partial charge in [-0.3, -0.25) is 4.90 Å². The van der Waals surface area contributed by atoms with Crippen molar-refractivity contribution < 1.29 is 9.53 Å². The molecule has 2 N–H and O–H groups in total. The summed E-state index contributed by atoms with van der Waals surface area (Å²) in [5.41, 5.74) is 4.95. The van der Waals surface area contributed by atoms with E-state index >= 15 is 0 Å². The van der Waals surface area contributed by atoms with E-state index in [4.69, 9.17) is 10.5 Å². The Morgan fingerprint density at radius 1 is 1.64 bits per heavy atom. The number of likely N-dealkylation sites (N-methyl/N-ethyl adjacent to an activating group) is 1. The predicted molar refractivity (Wildman–Crippen MR) is 55.0 cm³/mol. The minimum atomic E-state index is -0.667. The fourth-order valence-corrected chi connectivity index (χ4v) is 2.07. The molecule has 1 aliphatic heterocycles. The number of carbonyl (C=O) groups is 1. The summed E-state index contributed by atoms with van der Waals surface area (Å²) in [5.74, 6) is 0.722. The van der Waals surface area contributed by atoms with E-state index in [1.807, 2.05) is 0 Å². The molecule has 82 valence electrons. The maximum absolute atomic E-state index is 10.5. The molecular weight excluding hydrogens is 180 g/mol. The fourth-order valence-electron chi connectivity index (χ4n) is 2.07. The van der Waals surface area contributed by atoms with Crippen LogP contribution in [0, 0.1) is 5.92 Å². The molecule has 1 fully saturated rings. The minimum absolute atomic E-state index is 0.358. The lowest BCUT2D eigenvalue weighted by Crippen LogP contribution is -2.45. The molecule has 0 aliphatic carbocycles. The second-order valence-corrected chi connectivity index (χ2v) is 4.04. The Labute approximate surface area is 85.4 Å². The third kappa shape index (κ3) is 3.18. The van der Waals surface area contributed by atoms with Crippen LogP contribution in [0.15, 0.2) is 0 Å². The lowest BCUT2D eigenvalue weighted by molar-refractivity contribution is 0.0600. The Morgan fingerprint density at radius 2 is 2.36 bits per heavy atom. The number of rotatable bonds is 3. The molecule has 0 radical (unpaired) electrons. The first-order chi connectivity index (χ1) is 6.63. The molecule has 1 amide bonds. The monoisotopic (exact) mass is 200 g/mol. The summed E-state index contributed by atoms with van der Waals surface area (Å²) >= 11 is 0. The van der Waals surface area contributed by atoms with Crippen LogP contribution in [0.3, 0.4) is 0 Å². The van der Waals surface area contributed by atoms with Gasteiger partial charge in [-0.1, -0.05) is 13.8 Å². The van der Waals surface area contributed by atoms with Crippen molar-refractivity contribution in [3.8, 4) is 0 Å². The lowest BCUT2D eigenvalue weighted by Gasteiger charge is -2.37. The molecule has 14 heavy (non-hydrogen) atoms. The van der Waals surface area contributed by atoms with Crippen LogP contribution in [0.1, 0.15) is 26.7 Å². The number of likely N-dealkylation sites (tertiary alicyclic amines) is 1. The van der Waals surface area contributed by atoms with Gasteiger partial charge in [-0.05, 0) is 31.8 Å². The van der Waals surface area contributed by atoms with Crippen molar-refractivity contribution in [1.29, 1.82) is 0 Å². The van der Waals surface area contributed by atoms with Crippen LogP contribution in [0.5, 0.6) is 0 Å². The minimum Gasteiger partial charge on any atom is -0.448 e. The highest BCUT2D eigenvalue weighted by Gasteiger charge is 2.25. The maximum Gasteiger partial charge on any atom is 0.404 e. The first kappa shape index (κ1) is 11.3. The zero-order chi connectivity index (χ0) is 10.6. The summed E-state index contributed by atoms with van der Waals surface area (Å²) < 4.78 is 4.86. The van der Waals surface area contributed by atoms with Crippen molar-refractivity contribution in [3.05, 3.63) is 0 Å². The normalized spacial score (nSPS) is 28.7. The SMILES string of the molecule is CCN1CCC(C)CC1COC(N)=O. The number of piperidine rings is 1.